The molecule has 2 atom stereocenters. The number of rotatable bonds is 8. The van der Waals surface area contributed by atoms with Crippen LogP contribution in [0.15, 0.2) is 0 Å². The minimum absolute atomic E-state index is 0.313. The van der Waals surface area contributed by atoms with Gasteiger partial charge >= 0.3 is 0 Å². The molecule has 2 unspecified atom stereocenters. The third kappa shape index (κ3) is 4.97. The predicted molar refractivity (Wildman–Crippen MR) is 74.6 cm³/mol. The monoisotopic (exact) mass is 255 g/mol. The molecule has 1 fully saturated rings. The molecule has 0 aromatic rings. The van der Waals surface area contributed by atoms with E-state index >= 15 is 0 Å². The maximum Gasteiger partial charge on any atom is 0.222 e. The van der Waals surface area contributed by atoms with Gasteiger partial charge in [0.2, 0.25) is 5.91 Å². The second-order valence-corrected chi connectivity index (χ2v) is 5.37. The van der Waals surface area contributed by atoms with E-state index in [0.717, 1.165) is 51.7 Å². The number of ether oxygens (including phenoxy) is 1. The Morgan fingerprint density at radius 3 is 2.78 bits per heavy atom. The van der Waals surface area contributed by atoms with Crippen molar-refractivity contribution in [1.29, 1.82) is 0 Å². The molecule has 0 bridgehead atoms. The molecule has 0 aromatic heterocycles. The number of hydrogen-bond acceptors (Lipinski definition) is 2. The summed E-state index contributed by atoms with van der Waals surface area (Å²) < 4.78 is 5.58. The average Bonchev–Trinajstić information content (AvgIpc) is 2.89. The lowest BCUT2D eigenvalue weighted by Crippen LogP contribution is -2.39. The lowest BCUT2D eigenvalue weighted by molar-refractivity contribution is -0.134. The van der Waals surface area contributed by atoms with Crippen molar-refractivity contribution in [2.45, 2.75) is 77.9 Å². The van der Waals surface area contributed by atoms with Crippen LogP contribution in [-0.4, -0.2) is 36.1 Å². The summed E-state index contributed by atoms with van der Waals surface area (Å²) in [6.45, 7) is 8.27. The van der Waals surface area contributed by atoms with Crippen molar-refractivity contribution in [3.63, 3.8) is 0 Å². The maximum absolute atomic E-state index is 12.3. The summed E-state index contributed by atoms with van der Waals surface area (Å²) in [4.78, 5) is 14.3. The van der Waals surface area contributed by atoms with Crippen LogP contribution < -0.4 is 0 Å². The first-order chi connectivity index (χ1) is 8.69. The van der Waals surface area contributed by atoms with Gasteiger partial charge in [0.1, 0.15) is 0 Å². The molecule has 0 spiro atoms. The van der Waals surface area contributed by atoms with E-state index in [0.29, 0.717) is 24.5 Å². The Balaban J connectivity index is 2.36. The Hall–Kier alpha value is -0.570. The zero-order valence-corrected chi connectivity index (χ0v) is 12.3. The van der Waals surface area contributed by atoms with Gasteiger partial charge in [0.15, 0.2) is 0 Å². The maximum atomic E-state index is 12.3. The molecule has 1 rings (SSSR count). The highest BCUT2D eigenvalue weighted by molar-refractivity contribution is 5.76. The van der Waals surface area contributed by atoms with Crippen LogP contribution in [0.5, 0.6) is 0 Å². The van der Waals surface area contributed by atoms with Crippen LogP contribution in [0.3, 0.4) is 0 Å². The first kappa shape index (κ1) is 15.5. The summed E-state index contributed by atoms with van der Waals surface area (Å²) in [7, 11) is 0. The van der Waals surface area contributed by atoms with Crippen LogP contribution >= 0.6 is 0 Å². The highest BCUT2D eigenvalue weighted by Gasteiger charge is 2.21. The summed E-state index contributed by atoms with van der Waals surface area (Å²) >= 11 is 0. The molecule has 0 N–H and O–H groups in total. The van der Waals surface area contributed by atoms with E-state index in [1.165, 1.54) is 0 Å². The fourth-order valence-electron chi connectivity index (χ4n) is 2.44. The molecule has 3 heteroatoms. The number of amides is 1. The minimum Gasteiger partial charge on any atom is -0.378 e. The largest absolute Gasteiger partial charge is 0.378 e. The van der Waals surface area contributed by atoms with Gasteiger partial charge in [0.25, 0.3) is 0 Å². The van der Waals surface area contributed by atoms with Gasteiger partial charge in [-0.1, -0.05) is 20.3 Å². The fourth-order valence-corrected chi connectivity index (χ4v) is 2.44. The molecule has 106 valence electrons. The summed E-state index contributed by atoms with van der Waals surface area (Å²) in [6.07, 6.45) is 7.46. The normalized spacial score (nSPS) is 20.9. The number of unbranched alkanes of at least 4 members (excludes halogenated alkanes) is 1. The van der Waals surface area contributed by atoms with E-state index in [2.05, 4.69) is 25.7 Å². The molecule has 1 heterocycles. The Bertz CT molecular complexity index is 237. The standard InChI is InChI=1S/C15H29NO2/c1-4-6-11-16(13(3)5-2)15(17)10-9-14-8-7-12-18-14/h13-14H,4-12H2,1-3H3. The van der Waals surface area contributed by atoms with Crippen molar-refractivity contribution in [2.75, 3.05) is 13.2 Å². The highest BCUT2D eigenvalue weighted by Crippen LogP contribution is 2.18. The Labute approximate surface area is 112 Å². The van der Waals surface area contributed by atoms with Gasteiger partial charge in [-0.2, -0.15) is 0 Å². The van der Waals surface area contributed by atoms with E-state index < -0.39 is 0 Å². The van der Waals surface area contributed by atoms with E-state index in [1.807, 2.05) is 0 Å². The molecule has 1 aliphatic heterocycles. The van der Waals surface area contributed by atoms with Crippen LogP contribution in [0.2, 0.25) is 0 Å². The van der Waals surface area contributed by atoms with E-state index in [1.54, 1.807) is 0 Å². The molecule has 18 heavy (non-hydrogen) atoms. The average molecular weight is 255 g/mol. The van der Waals surface area contributed by atoms with Gasteiger partial charge in [-0.25, -0.2) is 0 Å². The number of carbonyl (C=O) groups excluding carboxylic acids is 1. The molecule has 0 radical (unpaired) electrons. The molecular weight excluding hydrogens is 226 g/mol. The van der Waals surface area contributed by atoms with E-state index in [-0.39, 0.29) is 0 Å². The first-order valence-electron chi connectivity index (χ1n) is 7.60. The summed E-state index contributed by atoms with van der Waals surface area (Å²) in [5.41, 5.74) is 0. The molecule has 1 saturated heterocycles. The molecule has 0 aromatic carbocycles. The van der Waals surface area contributed by atoms with E-state index in [9.17, 15) is 4.79 Å². The van der Waals surface area contributed by atoms with Gasteiger partial charge < -0.3 is 9.64 Å². The Morgan fingerprint density at radius 1 is 1.44 bits per heavy atom. The summed E-state index contributed by atoms with van der Waals surface area (Å²) in [5.74, 6) is 0.313. The SMILES string of the molecule is CCCCN(C(=O)CCC1CCCO1)C(C)CC. The Kier molecular flexibility index (Phi) is 7.33. The quantitative estimate of drug-likeness (QED) is 0.665. The zero-order valence-electron chi connectivity index (χ0n) is 12.3. The van der Waals surface area contributed by atoms with Gasteiger partial charge in [-0.05, 0) is 39.0 Å². The second-order valence-electron chi connectivity index (χ2n) is 5.37. The van der Waals surface area contributed by atoms with Crippen molar-refractivity contribution >= 4 is 5.91 Å². The first-order valence-corrected chi connectivity index (χ1v) is 7.60. The smallest absolute Gasteiger partial charge is 0.222 e. The second kappa shape index (κ2) is 8.52. The van der Waals surface area contributed by atoms with Crippen molar-refractivity contribution in [3.05, 3.63) is 0 Å². The third-order valence-corrected chi connectivity index (χ3v) is 3.90. The predicted octanol–water partition coefficient (Wildman–Crippen LogP) is 3.37. The van der Waals surface area contributed by atoms with Crippen LogP contribution in [0, 0.1) is 0 Å². The van der Waals surface area contributed by atoms with Gasteiger partial charge in [-0.3, -0.25) is 4.79 Å². The molecular formula is C15H29NO2. The molecule has 3 nitrogen and oxygen atoms in total. The Morgan fingerprint density at radius 2 is 2.22 bits per heavy atom. The van der Waals surface area contributed by atoms with Crippen LogP contribution in [-0.2, 0) is 9.53 Å². The van der Waals surface area contributed by atoms with Crippen LogP contribution in [0.1, 0.15) is 65.7 Å². The number of carbonyl (C=O) groups is 1. The topological polar surface area (TPSA) is 29.5 Å². The summed E-state index contributed by atoms with van der Waals surface area (Å²) in [6, 6.07) is 0.369. The van der Waals surface area contributed by atoms with Crippen molar-refractivity contribution in [3.8, 4) is 0 Å². The minimum atomic E-state index is 0.313. The third-order valence-electron chi connectivity index (χ3n) is 3.90. The highest BCUT2D eigenvalue weighted by atomic mass is 16.5. The van der Waals surface area contributed by atoms with Gasteiger partial charge in [0, 0.05) is 25.6 Å². The molecule has 0 aliphatic carbocycles. The van der Waals surface area contributed by atoms with Crippen LogP contribution in [0.4, 0.5) is 0 Å². The summed E-state index contributed by atoms with van der Waals surface area (Å²) in [5, 5.41) is 0. The van der Waals surface area contributed by atoms with Gasteiger partial charge in [-0.15, -0.1) is 0 Å². The lowest BCUT2D eigenvalue weighted by atomic mass is 10.1. The van der Waals surface area contributed by atoms with Crippen molar-refractivity contribution in [2.24, 2.45) is 0 Å². The van der Waals surface area contributed by atoms with Crippen LogP contribution in [0.25, 0.3) is 0 Å². The van der Waals surface area contributed by atoms with Gasteiger partial charge in [0.05, 0.1) is 6.10 Å². The number of hydrogen-bond donors (Lipinski definition) is 0. The lowest BCUT2D eigenvalue weighted by Gasteiger charge is -2.29. The fraction of sp³-hybridized carbons (Fsp3) is 0.933. The van der Waals surface area contributed by atoms with Crippen molar-refractivity contribution in [1.82, 2.24) is 4.90 Å². The molecule has 1 aliphatic rings. The van der Waals surface area contributed by atoms with E-state index in [4.69, 9.17) is 4.74 Å². The van der Waals surface area contributed by atoms with Crippen molar-refractivity contribution < 1.29 is 9.53 Å². The zero-order chi connectivity index (χ0) is 13.4. The number of nitrogens with zero attached hydrogens (tertiary/aromatic N) is 1. The molecule has 0 saturated carbocycles. The molecule has 1 amide bonds.